The van der Waals surface area contributed by atoms with E-state index in [0.717, 1.165) is 51.8 Å². The summed E-state index contributed by atoms with van der Waals surface area (Å²) >= 11 is 1.90. The first-order valence-corrected chi connectivity index (χ1v) is 11.6. The molecule has 0 aliphatic carbocycles. The molecule has 1 aromatic heterocycles. The second-order valence-electron chi connectivity index (χ2n) is 7.37. The Bertz CT molecular complexity index is 553. The number of thiophene rings is 1. The Balaban J connectivity index is 1.71. The predicted octanol–water partition coefficient (Wildman–Crippen LogP) is 3.17. The molecule has 154 valence electrons. The van der Waals surface area contributed by atoms with E-state index in [1.54, 1.807) is 4.88 Å². The van der Waals surface area contributed by atoms with Gasteiger partial charge in [-0.1, -0.05) is 13.8 Å². The van der Waals surface area contributed by atoms with Crippen LogP contribution < -0.4 is 10.6 Å². The van der Waals surface area contributed by atoms with E-state index in [4.69, 9.17) is 4.99 Å². The van der Waals surface area contributed by atoms with E-state index in [2.05, 4.69) is 59.6 Å². The summed E-state index contributed by atoms with van der Waals surface area (Å²) in [5.74, 6) is 0.959. The minimum absolute atomic E-state index is 0.446. The van der Waals surface area contributed by atoms with Gasteiger partial charge in [0.25, 0.3) is 0 Å². The zero-order valence-corrected chi connectivity index (χ0v) is 18.6. The lowest BCUT2D eigenvalue weighted by molar-refractivity contribution is 0.263. The van der Waals surface area contributed by atoms with Crippen molar-refractivity contribution < 1.29 is 0 Å². The molecule has 2 N–H and O–H groups in total. The third-order valence-corrected chi connectivity index (χ3v) is 6.33. The standard InChI is InChI=1S/C21H39N5S/c1-5-22-21(24-18(4)9-8-13-25(6-2)7-3)23-12-15-26-14-10-20-19(17-26)11-16-27-20/h11,16,18H,5-10,12-15,17H2,1-4H3,(H2,22,23,24). The maximum absolute atomic E-state index is 4.81. The number of rotatable bonds is 11. The van der Waals surface area contributed by atoms with Crippen molar-refractivity contribution in [1.82, 2.24) is 20.4 Å². The minimum Gasteiger partial charge on any atom is -0.357 e. The Kier molecular flexibility index (Phi) is 10.2. The van der Waals surface area contributed by atoms with Crippen molar-refractivity contribution >= 4 is 17.3 Å². The van der Waals surface area contributed by atoms with Crippen LogP contribution in [0, 0.1) is 0 Å². The fourth-order valence-corrected chi connectivity index (χ4v) is 4.48. The van der Waals surface area contributed by atoms with Gasteiger partial charge >= 0.3 is 0 Å². The van der Waals surface area contributed by atoms with E-state index in [1.807, 2.05) is 11.3 Å². The molecule has 1 aliphatic rings. The van der Waals surface area contributed by atoms with Crippen LogP contribution in [0.3, 0.4) is 0 Å². The zero-order valence-electron chi connectivity index (χ0n) is 17.8. The maximum atomic E-state index is 4.81. The quantitative estimate of drug-likeness (QED) is 0.448. The van der Waals surface area contributed by atoms with Crippen LogP contribution in [0.15, 0.2) is 16.4 Å². The zero-order chi connectivity index (χ0) is 19.5. The van der Waals surface area contributed by atoms with Gasteiger partial charge in [0.2, 0.25) is 0 Å². The van der Waals surface area contributed by atoms with Crippen molar-refractivity contribution in [2.24, 2.45) is 4.99 Å². The van der Waals surface area contributed by atoms with Crippen LogP contribution in [0.4, 0.5) is 0 Å². The van der Waals surface area contributed by atoms with Crippen LogP contribution in [0.5, 0.6) is 0 Å². The lowest BCUT2D eigenvalue weighted by Crippen LogP contribution is -2.43. The Morgan fingerprint density at radius 3 is 2.89 bits per heavy atom. The number of guanidine groups is 1. The molecule has 0 bridgehead atoms. The van der Waals surface area contributed by atoms with E-state index < -0.39 is 0 Å². The second kappa shape index (κ2) is 12.4. The molecular formula is C21H39N5S. The number of hydrogen-bond acceptors (Lipinski definition) is 4. The molecule has 0 aromatic carbocycles. The summed E-state index contributed by atoms with van der Waals surface area (Å²) in [5.41, 5.74) is 1.52. The molecule has 6 heteroatoms. The Morgan fingerprint density at radius 2 is 2.15 bits per heavy atom. The molecule has 0 fully saturated rings. The van der Waals surface area contributed by atoms with Crippen LogP contribution in [0.1, 0.15) is 51.0 Å². The van der Waals surface area contributed by atoms with Crippen molar-refractivity contribution in [1.29, 1.82) is 0 Å². The molecule has 0 saturated carbocycles. The molecule has 0 spiro atoms. The second-order valence-corrected chi connectivity index (χ2v) is 8.37. The molecule has 1 aliphatic heterocycles. The summed E-state index contributed by atoms with van der Waals surface area (Å²) < 4.78 is 0. The molecule has 1 aromatic rings. The third kappa shape index (κ3) is 7.80. The smallest absolute Gasteiger partial charge is 0.191 e. The summed E-state index contributed by atoms with van der Waals surface area (Å²) in [4.78, 5) is 11.4. The SMILES string of the molecule is CCNC(=NCCN1CCc2sccc2C1)NC(C)CCCN(CC)CC. The third-order valence-electron chi connectivity index (χ3n) is 5.31. The molecule has 1 unspecified atom stereocenters. The van der Waals surface area contributed by atoms with Crippen molar-refractivity contribution in [3.8, 4) is 0 Å². The van der Waals surface area contributed by atoms with Gasteiger partial charge < -0.3 is 15.5 Å². The highest BCUT2D eigenvalue weighted by Gasteiger charge is 2.16. The highest BCUT2D eigenvalue weighted by molar-refractivity contribution is 7.10. The monoisotopic (exact) mass is 393 g/mol. The van der Waals surface area contributed by atoms with Gasteiger partial charge in [-0.25, -0.2) is 0 Å². The molecule has 0 saturated heterocycles. The van der Waals surface area contributed by atoms with E-state index in [-0.39, 0.29) is 0 Å². The first-order valence-electron chi connectivity index (χ1n) is 10.7. The van der Waals surface area contributed by atoms with Crippen LogP contribution in [0.25, 0.3) is 0 Å². The van der Waals surface area contributed by atoms with Gasteiger partial charge in [-0.3, -0.25) is 9.89 Å². The maximum Gasteiger partial charge on any atom is 0.191 e. The van der Waals surface area contributed by atoms with E-state index >= 15 is 0 Å². The Morgan fingerprint density at radius 1 is 1.33 bits per heavy atom. The van der Waals surface area contributed by atoms with Crippen LogP contribution in [-0.4, -0.2) is 67.6 Å². The van der Waals surface area contributed by atoms with Crippen LogP contribution in [0.2, 0.25) is 0 Å². The van der Waals surface area contributed by atoms with E-state index in [1.165, 1.54) is 31.4 Å². The summed E-state index contributed by atoms with van der Waals surface area (Å²) in [6.45, 7) is 17.4. The number of fused-ring (bicyclic) bond motifs is 1. The lowest BCUT2D eigenvalue weighted by Gasteiger charge is -2.26. The predicted molar refractivity (Wildman–Crippen MR) is 119 cm³/mol. The minimum atomic E-state index is 0.446. The van der Waals surface area contributed by atoms with Gasteiger partial charge in [0.15, 0.2) is 5.96 Å². The molecule has 5 nitrogen and oxygen atoms in total. The average Bonchev–Trinajstić information content (AvgIpc) is 3.13. The van der Waals surface area contributed by atoms with Gasteiger partial charge in [-0.15, -0.1) is 11.3 Å². The molecule has 0 radical (unpaired) electrons. The van der Waals surface area contributed by atoms with Gasteiger partial charge in [0, 0.05) is 37.1 Å². The van der Waals surface area contributed by atoms with Crippen molar-refractivity contribution in [3.63, 3.8) is 0 Å². The molecule has 2 rings (SSSR count). The molecule has 27 heavy (non-hydrogen) atoms. The summed E-state index contributed by atoms with van der Waals surface area (Å²) in [6.07, 6.45) is 3.60. The first-order chi connectivity index (χ1) is 13.2. The van der Waals surface area contributed by atoms with Crippen LogP contribution >= 0.6 is 11.3 Å². The van der Waals surface area contributed by atoms with Gasteiger partial charge in [-0.2, -0.15) is 0 Å². The Labute approximate surface area is 170 Å². The highest BCUT2D eigenvalue weighted by atomic mass is 32.1. The highest BCUT2D eigenvalue weighted by Crippen LogP contribution is 2.23. The van der Waals surface area contributed by atoms with Gasteiger partial charge in [0.1, 0.15) is 0 Å². The molecule has 2 heterocycles. The molecular weight excluding hydrogens is 354 g/mol. The summed E-state index contributed by atoms with van der Waals surface area (Å²) in [7, 11) is 0. The number of nitrogens with zero attached hydrogens (tertiary/aromatic N) is 3. The Hall–Kier alpha value is -1.11. The first kappa shape index (κ1) is 22.2. The average molecular weight is 394 g/mol. The molecule has 1 atom stereocenters. The van der Waals surface area contributed by atoms with E-state index in [9.17, 15) is 0 Å². The van der Waals surface area contributed by atoms with Gasteiger partial charge in [0.05, 0.1) is 6.54 Å². The summed E-state index contributed by atoms with van der Waals surface area (Å²) in [6, 6.07) is 2.72. The van der Waals surface area contributed by atoms with Crippen molar-refractivity contribution in [3.05, 3.63) is 21.9 Å². The normalized spacial score (nSPS) is 16.4. The fourth-order valence-electron chi connectivity index (χ4n) is 3.59. The summed E-state index contributed by atoms with van der Waals surface area (Å²) in [5, 5.41) is 9.20. The molecule has 0 amide bonds. The topological polar surface area (TPSA) is 42.9 Å². The van der Waals surface area contributed by atoms with Crippen molar-refractivity contribution in [2.75, 3.05) is 45.8 Å². The fraction of sp³-hybridized carbons (Fsp3) is 0.762. The van der Waals surface area contributed by atoms with Gasteiger partial charge in [-0.05, 0) is 69.8 Å². The number of nitrogens with one attached hydrogen (secondary N) is 2. The lowest BCUT2D eigenvalue weighted by atomic mass is 10.1. The largest absolute Gasteiger partial charge is 0.357 e. The number of aliphatic imine (C=N–C) groups is 1. The van der Waals surface area contributed by atoms with E-state index in [0.29, 0.717) is 6.04 Å². The van der Waals surface area contributed by atoms with Crippen molar-refractivity contribution in [2.45, 2.75) is 59.5 Å². The number of hydrogen-bond donors (Lipinski definition) is 2. The van der Waals surface area contributed by atoms with Crippen LogP contribution in [-0.2, 0) is 13.0 Å².